The van der Waals surface area contributed by atoms with E-state index in [9.17, 15) is 9.59 Å². The molecule has 0 fully saturated rings. The van der Waals surface area contributed by atoms with Gasteiger partial charge >= 0.3 is 5.97 Å². The van der Waals surface area contributed by atoms with Crippen LogP contribution in [0.3, 0.4) is 0 Å². The lowest BCUT2D eigenvalue weighted by molar-refractivity contribution is 0.0602. The van der Waals surface area contributed by atoms with E-state index in [1.807, 2.05) is 26.0 Å². The molecular formula is C18H22N2O3. The van der Waals surface area contributed by atoms with E-state index in [2.05, 4.69) is 16.6 Å². The summed E-state index contributed by atoms with van der Waals surface area (Å²) in [5.41, 5.74) is 7.79. The molecule has 1 amide bonds. The van der Waals surface area contributed by atoms with Crippen molar-refractivity contribution in [2.75, 3.05) is 12.8 Å². The first-order valence-corrected chi connectivity index (χ1v) is 7.25. The number of anilines is 1. The van der Waals surface area contributed by atoms with E-state index in [-0.39, 0.29) is 16.8 Å². The number of carbonyl (C=O) groups is 2. The Labute approximate surface area is 136 Å². The van der Waals surface area contributed by atoms with Gasteiger partial charge in [-0.25, -0.2) is 4.79 Å². The van der Waals surface area contributed by atoms with E-state index >= 15 is 0 Å². The van der Waals surface area contributed by atoms with Gasteiger partial charge in [0.2, 0.25) is 0 Å². The second kappa shape index (κ2) is 8.58. The maximum Gasteiger partial charge on any atom is 0.339 e. The van der Waals surface area contributed by atoms with Crippen molar-refractivity contribution < 1.29 is 14.3 Å². The second-order valence-corrected chi connectivity index (χ2v) is 4.78. The Morgan fingerprint density at radius 1 is 1.35 bits per heavy atom. The van der Waals surface area contributed by atoms with E-state index < -0.39 is 11.9 Å². The van der Waals surface area contributed by atoms with Crippen molar-refractivity contribution >= 4 is 17.6 Å². The van der Waals surface area contributed by atoms with Crippen molar-refractivity contribution in [1.82, 2.24) is 5.32 Å². The van der Waals surface area contributed by atoms with Crippen LogP contribution in [-0.4, -0.2) is 19.0 Å². The number of allylic oxidation sites excluding steroid dienone is 4. The van der Waals surface area contributed by atoms with Crippen LogP contribution in [0.4, 0.5) is 5.69 Å². The summed E-state index contributed by atoms with van der Waals surface area (Å²) in [6.45, 7) is 7.76. The van der Waals surface area contributed by atoms with E-state index in [0.29, 0.717) is 12.1 Å². The molecule has 1 aromatic rings. The fourth-order valence-corrected chi connectivity index (χ4v) is 1.87. The number of nitrogens with one attached hydrogen (secondary N) is 1. The SMILES string of the molecule is C=C(CC)/C(=C\C=C/C)NC(=O)c1cccc(C(=O)OC)c1N. The average Bonchev–Trinajstić information content (AvgIpc) is 2.57. The maximum absolute atomic E-state index is 12.5. The van der Waals surface area contributed by atoms with Crippen LogP contribution in [0.15, 0.2) is 54.3 Å². The largest absolute Gasteiger partial charge is 0.465 e. The molecule has 0 saturated heterocycles. The molecule has 5 nitrogen and oxygen atoms in total. The van der Waals surface area contributed by atoms with Crippen molar-refractivity contribution in [2.45, 2.75) is 20.3 Å². The predicted octanol–water partition coefficient (Wildman–Crippen LogP) is 3.21. The number of rotatable bonds is 6. The van der Waals surface area contributed by atoms with Crippen molar-refractivity contribution in [2.24, 2.45) is 0 Å². The zero-order valence-electron chi connectivity index (χ0n) is 13.7. The first-order valence-electron chi connectivity index (χ1n) is 7.25. The summed E-state index contributed by atoms with van der Waals surface area (Å²) in [6.07, 6.45) is 6.12. The zero-order valence-corrected chi connectivity index (χ0v) is 13.7. The summed E-state index contributed by atoms with van der Waals surface area (Å²) < 4.78 is 4.66. The van der Waals surface area contributed by atoms with Gasteiger partial charge in [0.15, 0.2) is 0 Å². The van der Waals surface area contributed by atoms with Gasteiger partial charge in [0.05, 0.1) is 23.9 Å². The molecule has 23 heavy (non-hydrogen) atoms. The molecule has 0 saturated carbocycles. The zero-order chi connectivity index (χ0) is 17.4. The van der Waals surface area contributed by atoms with E-state index in [1.54, 1.807) is 18.2 Å². The highest BCUT2D eigenvalue weighted by Crippen LogP contribution is 2.19. The average molecular weight is 314 g/mol. The summed E-state index contributed by atoms with van der Waals surface area (Å²) in [5.74, 6) is -0.988. The molecule has 0 aromatic heterocycles. The summed E-state index contributed by atoms with van der Waals surface area (Å²) in [7, 11) is 1.26. The molecular weight excluding hydrogens is 292 g/mol. The Balaban J connectivity index is 3.14. The number of para-hydroxylation sites is 1. The molecule has 0 aliphatic heterocycles. The van der Waals surface area contributed by atoms with Gasteiger partial charge in [-0.2, -0.15) is 0 Å². The second-order valence-electron chi connectivity index (χ2n) is 4.78. The Kier molecular flexibility index (Phi) is 6.80. The topological polar surface area (TPSA) is 81.4 Å². The Hall–Kier alpha value is -2.82. The monoisotopic (exact) mass is 314 g/mol. The number of benzene rings is 1. The smallest absolute Gasteiger partial charge is 0.339 e. The number of nitrogen functional groups attached to an aromatic ring is 1. The van der Waals surface area contributed by atoms with Gasteiger partial charge < -0.3 is 15.8 Å². The molecule has 1 rings (SSSR count). The van der Waals surface area contributed by atoms with Gasteiger partial charge in [0.1, 0.15) is 0 Å². The third-order valence-corrected chi connectivity index (χ3v) is 3.27. The molecule has 0 unspecified atom stereocenters. The lowest BCUT2D eigenvalue weighted by Crippen LogP contribution is -2.25. The molecule has 0 aliphatic carbocycles. The Morgan fingerprint density at radius 3 is 2.57 bits per heavy atom. The summed E-state index contributed by atoms with van der Waals surface area (Å²) in [6, 6.07) is 4.65. The van der Waals surface area contributed by atoms with Crippen LogP contribution in [0, 0.1) is 0 Å². The van der Waals surface area contributed by atoms with Crippen LogP contribution in [-0.2, 0) is 4.74 Å². The maximum atomic E-state index is 12.5. The number of esters is 1. The van der Waals surface area contributed by atoms with Crippen LogP contribution >= 0.6 is 0 Å². The van der Waals surface area contributed by atoms with Gasteiger partial charge in [-0.1, -0.05) is 31.7 Å². The molecule has 0 atom stereocenters. The number of hydrogen-bond donors (Lipinski definition) is 2. The Morgan fingerprint density at radius 2 is 2.00 bits per heavy atom. The molecule has 3 N–H and O–H groups in total. The summed E-state index contributed by atoms with van der Waals surface area (Å²) in [5, 5.41) is 2.78. The van der Waals surface area contributed by atoms with Gasteiger partial charge in [0.25, 0.3) is 5.91 Å². The first-order chi connectivity index (χ1) is 11.0. The highest BCUT2D eigenvalue weighted by atomic mass is 16.5. The minimum absolute atomic E-state index is 0.0874. The van der Waals surface area contributed by atoms with E-state index in [4.69, 9.17) is 5.73 Å². The third-order valence-electron chi connectivity index (χ3n) is 3.27. The number of carbonyl (C=O) groups excluding carboxylic acids is 2. The lowest BCUT2D eigenvalue weighted by atomic mass is 10.1. The fourth-order valence-electron chi connectivity index (χ4n) is 1.87. The molecule has 0 bridgehead atoms. The van der Waals surface area contributed by atoms with Crippen LogP contribution < -0.4 is 11.1 Å². The van der Waals surface area contributed by atoms with E-state index in [0.717, 1.165) is 5.57 Å². The minimum Gasteiger partial charge on any atom is -0.465 e. The van der Waals surface area contributed by atoms with Crippen molar-refractivity contribution in [1.29, 1.82) is 0 Å². The van der Waals surface area contributed by atoms with Crippen LogP contribution in [0.25, 0.3) is 0 Å². The highest BCUT2D eigenvalue weighted by Gasteiger charge is 2.18. The number of ether oxygens (including phenoxy) is 1. The standard InChI is InChI=1S/C18H22N2O3/c1-5-7-11-15(12(3)6-2)20-17(21)13-9-8-10-14(16(13)19)18(22)23-4/h5,7-11H,3,6,19H2,1-2,4H3,(H,20,21)/b7-5-,15-11+. The lowest BCUT2D eigenvalue weighted by Gasteiger charge is -2.13. The summed E-state index contributed by atoms with van der Waals surface area (Å²) in [4.78, 5) is 24.1. The minimum atomic E-state index is -0.584. The van der Waals surface area contributed by atoms with Crippen molar-refractivity contribution in [3.8, 4) is 0 Å². The number of amides is 1. The van der Waals surface area contributed by atoms with Gasteiger partial charge in [0, 0.05) is 5.70 Å². The van der Waals surface area contributed by atoms with Crippen molar-refractivity contribution in [3.05, 3.63) is 65.4 Å². The number of hydrogen-bond acceptors (Lipinski definition) is 4. The molecule has 1 aromatic carbocycles. The van der Waals surface area contributed by atoms with Gasteiger partial charge in [-0.05, 0) is 37.1 Å². The normalized spacial score (nSPS) is 11.3. The third kappa shape index (κ3) is 4.57. The van der Waals surface area contributed by atoms with Gasteiger partial charge in [-0.3, -0.25) is 4.79 Å². The van der Waals surface area contributed by atoms with E-state index in [1.165, 1.54) is 13.2 Å². The number of nitrogens with two attached hydrogens (primary N) is 1. The molecule has 0 radical (unpaired) electrons. The van der Waals surface area contributed by atoms with Gasteiger partial charge in [-0.15, -0.1) is 0 Å². The molecule has 0 heterocycles. The van der Waals surface area contributed by atoms with Crippen LogP contribution in [0.5, 0.6) is 0 Å². The predicted molar refractivity (Wildman–Crippen MR) is 92.0 cm³/mol. The first kappa shape index (κ1) is 18.2. The number of methoxy groups -OCH3 is 1. The highest BCUT2D eigenvalue weighted by molar-refractivity contribution is 6.06. The fraction of sp³-hybridized carbons (Fsp3) is 0.222. The molecule has 0 aliphatic rings. The quantitative estimate of drug-likeness (QED) is 0.480. The molecule has 0 spiro atoms. The van der Waals surface area contributed by atoms with Crippen LogP contribution in [0.2, 0.25) is 0 Å². The molecule has 5 heteroatoms. The van der Waals surface area contributed by atoms with Crippen LogP contribution in [0.1, 0.15) is 41.0 Å². The summed E-state index contributed by atoms with van der Waals surface area (Å²) >= 11 is 0. The molecule has 122 valence electrons. The van der Waals surface area contributed by atoms with Crippen molar-refractivity contribution in [3.63, 3.8) is 0 Å². The Bertz CT molecular complexity index is 673.